The van der Waals surface area contributed by atoms with Crippen molar-refractivity contribution in [3.63, 3.8) is 0 Å². The second-order valence-corrected chi connectivity index (χ2v) is 3.41. The summed E-state index contributed by atoms with van der Waals surface area (Å²) >= 11 is 0. The number of rotatable bonds is 3. The number of aromatic hydroxyl groups is 1. The number of benzene rings is 1. The first-order chi connectivity index (χ1) is 6.16. The predicted octanol–water partition coefficient (Wildman–Crippen LogP) is 1.90. The molecule has 0 radical (unpaired) electrons. The van der Waals surface area contributed by atoms with Crippen molar-refractivity contribution in [1.29, 1.82) is 0 Å². The van der Waals surface area contributed by atoms with Crippen LogP contribution in [0.1, 0.15) is 23.1 Å². The van der Waals surface area contributed by atoms with Gasteiger partial charge in [0.05, 0.1) is 0 Å². The van der Waals surface area contributed by atoms with Gasteiger partial charge in [-0.1, -0.05) is 12.1 Å². The van der Waals surface area contributed by atoms with Gasteiger partial charge < -0.3 is 10.8 Å². The molecule has 0 spiro atoms. The first-order valence-corrected chi connectivity index (χ1v) is 4.65. The molecule has 2 nitrogen and oxygen atoms in total. The van der Waals surface area contributed by atoms with Gasteiger partial charge in [-0.3, -0.25) is 0 Å². The van der Waals surface area contributed by atoms with Crippen LogP contribution in [0.4, 0.5) is 0 Å². The number of aryl methyl sites for hydroxylation is 2. The van der Waals surface area contributed by atoms with Crippen molar-refractivity contribution in [2.45, 2.75) is 26.7 Å². The van der Waals surface area contributed by atoms with Crippen LogP contribution in [0, 0.1) is 13.8 Å². The highest BCUT2D eigenvalue weighted by Gasteiger charge is 2.04. The SMILES string of the molecule is Cc1ccc(CCCN)c(C)c1O. The first-order valence-electron chi connectivity index (χ1n) is 4.65. The molecule has 0 aromatic heterocycles. The Morgan fingerprint density at radius 2 is 2.00 bits per heavy atom. The fourth-order valence-corrected chi connectivity index (χ4v) is 1.44. The van der Waals surface area contributed by atoms with Crippen molar-refractivity contribution >= 4 is 0 Å². The number of phenolic OH excluding ortho intramolecular Hbond substituents is 1. The van der Waals surface area contributed by atoms with Gasteiger partial charge in [-0.2, -0.15) is 0 Å². The monoisotopic (exact) mass is 179 g/mol. The molecule has 13 heavy (non-hydrogen) atoms. The van der Waals surface area contributed by atoms with Crippen molar-refractivity contribution in [3.8, 4) is 5.75 Å². The Labute approximate surface area is 79.4 Å². The molecule has 3 N–H and O–H groups in total. The molecule has 0 saturated carbocycles. The van der Waals surface area contributed by atoms with E-state index >= 15 is 0 Å². The fourth-order valence-electron chi connectivity index (χ4n) is 1.44. The molecule has 0 fully saturated rings. The summed E-state index contributed by atoms with van der Waals surface area (Å²) in [6.07, 6.45) is 1.93. The summed E-state index contributed by atoms with van der Waals surface area (Å²) in [4.78, 5) is 0. The van der Waals surface area contributed by atoms with E-state index in [1.54, 1.807) is 0 Å². The van der Waals surface area contributed by atoms with Gasteiger partial charge in [0.15, 0.2) is 0 Å². The van der Waals surface area contributed by atoms with Crippen LogP contribution in [-0.2, 0) is 6.42 Å². The number of hydrogen-bond donors (Lipinski definition) is 2. The number of nitrogens with two attached hydrogens (primary N) is 1. The molecule has 0 amide bonds. The third kappa shape index (κ3) is 2.22. The van der Waals surface area contributed by atoms with Crippen LogP contribution >= 0.6 is 0 Å². The van der Waals surface area contributed by atoms with E-state index < -0.39 is 0 Å². The smallest absolute Gasteiger partial charge is 0.121 e. The lowest BCUT2D eigenvalue weighted by Crippen LogP contribution is -2.01. The highest BCUT2D eigenvalue weighted by molar-refractivity contribution is 5.43. The average Bonchev–Trinajstić information content (AvgIpc) is 2.13. The van der Waals surface area contributed by atoms with E-state index in [0.29, 0.717) is 12.3 Å². The summed E-state index contributed by atoms with van der Waals surface area (Å²) in [7, 11) is 0. The van der Waals surface area contributed by atoms with Gasteiger partial charge in [0.1, 0.15) is 5.75 Å². The second kappa shape index (κ2) is 4.28. The molecule has 0 atom stereocenters. The van der Waals surface area contributed by atoms with Crippen LogP contribution in [0.25, 0.3) is 0 Å². The van der Waals surface area contributed by atoms with Crippen molar-refractivity contribution in [2.75, 3.05) is 6.54 Å². The van der Waals surface area contributed by atoms with Crippen molar-refractivity contribution < 1.29 is 5.11 Å². The van der Waals surface area contributed by atoms with E-state index in [2.05, 4.69) is 6.07 Å². The molecule has 0 unspecified atom stereocenters. The molecule has 0 heterocycles. The lowest BCUT2D eigenvalue weighted by Gasteiger charge is -2.08. The maximum Gasteiger partial charge on any atom is 0.121 e. The van der Waals surface area contributed by atoms with Gasteiger partial charge in [-0.25, -0.2) is 0 Å². The third-order valence-corrected chi connectivity index (χ3v) is 2.40. The Morgan fingerprint density at radius 1 is 1.31 bits per heavy atom. The average molecular weight is 179 g/mol. The third-order valence-electron chi connectivity index (χ3n) is 2.40. The summed E-state index contributed by atoms with van der Waals surface area (Å²) < 4.78 is 0. The number of hydrogen-bond acceptors (Lipinski definition) is 2. The zero-order valence-electron chi connectivity index (χ0n) is 8.30. The molecule has 0 aliphatic carbocycles. The maximum atomic E-state index is 9.66. The Kier molecular flexibility index (Phi) is 3.32. The summed E-state index contributed by atoms with van der Waals surface area (Å²) in [5.74, 6) is 0.425. The van der Waals surface area contributed by atoms with Crippen LogP contribution in [-0.4, -0.2) is 11.7 Å². The van der Waals surface area contributed by atoms with E-state index in [-0.39, 0.29) is 0 Å². The standard InChI is InChI=1S/C11H17NO/c1-8-5-6-10(4-3-7-12)9(2)11(8)13/h5-6,13H,3-4,7,12H2,1-2H3. The van der Waals surface area contributed by atoms with Crippen LogP contribution in [0.2, 0.25) is 0 Å². The summed E-state index contributed by atoms with van der Waals surface area (Å²) in [6, 6.07) is 4.02. The van der Waals surface area contributed by atoms with E-state index in [1.165, 1.54) is 5.56 Å². The Hall–Kier alpha value is -1.02. The summed E-state index contributed by atoms with van der Waals surface area (Å²) in [5.41, 5.74) is 8.57. The fraction of sp³-hybridized carbons (Fsp3) is 0.455. The molecular weight excluding hydrogens is 162 g/mol. The predicted molar refractivity (Wildman–Crippen MR) is 55.0 cm³/mol. The van der Waals surface area contributed by atoms with Crippen LogP contribution < -0.4 is 5.73 Å². The van der Waals surface area contributed by atoms with Crippen LogP contribution in [0.15, 0.2) is 12.1 Å². The van der Waals surface area contributed by atoms with Gasteiger partial charge in [0.2, 0.25) is 0 Å². The van der Waals surface area contributed by atoms with E-state index in [1.807, 2.05) is 19.9 Å². The van der Waals surface area contributed by atoms with Crippen LogP contribution in [0.5, 0.6) is 5.75 Å². The van der Waals surface area contributed by atoms with E-state index in [4.69, 9.17) is 5.73 Å². The molecular formula is C11H17NO. The molecule has 1 aromatic rings. The molecule has 1 aromatic carbocycles. The first kappa shape index (κ1) is 10.1. The van der Waals surface area contributed by atoms with E-state index in [0.717, 1.165) is 24.0 Å². The van der Waals surface area contributed by atoms with Gasteiger partial charge in [-0.15, -0.1) is 0 Å². The molecule has 2 heteroatoms. The molecule has 0 aliphatic rings. The van der Waals surface area contributed by atoms with Crippen molar-refractivity contribution in [1.82, 2.24) is 0 Å². The molecule has 0 saturated heterocycles. The van der Waals surface area contributed by atoms with Crippen LogP contribution in [0.3, 0.4) is 0 Å². The van der Waals surface area contributed by atoms with Crippen molar-refractivity contribution in [3.05, 3.63) is 28.8 Å². The Bertz CT molecular complexity index is 294. The summed E-state index contributed by atoms with van der Waals surface area (Å²) in [6.45, 7) is 4.57. The van der Waals surface area contributed by atoms with Gasteiger partial charge >= 0.3 is 0 Å². The molecule has 1 rings (SSSR count). The second-order valence-electron chi connectivity index (χ2n) is 3.41. The molecule has 72 valence electrons. The number of phenols is 1. The van der Waals surface area contributed by atoms with Gasteiger partial charge in [-0.05, 0) is 49.9 Å². The topological polar surface area (TPSA) is 46.2 Å². The minimum Gasteiger partial charge on any atom is -0.507 e. The molecule has 0 aliphatic heterocycles. The molecule has 0 bridgehead atoms. The largest absolute Gasteiger partial charge is 0.507 e. The normalized spacial score (nSPS) is 10.4. The Morgan fingerprint density at radius 3 is 2.62 bits per heavy atom. The minimum atomic E-state index is 0.425. The maximum absolute atomic E-state index is 9.66. The Balaban J connectivity index is 2.90. The quantitative estimate of drug-likeness (QED) is 0.744. The lowest BCUT2D eigenvalue weighted by molar-refractivity contribution is 0.465. The lowest BCUT2D eigenvalue weighted by atomic mass is 10.0. The minimum absolute atomic E-state index is 0.425. The van der Waals surface area contributed by atoms with Gasteiger partial charge in [0.25, 0.3) is 0 Å². The zero-order valence-corrected chi connectivity index (χ0v) is 8.30. The zero-order chi connectivity index (χ0) is 9.84. The van der Waals surface area contributed by atoms with E-state index in [9.17, 15) is 5.11 Å². The summed E-state index contributed by atoms with van der Waals surface area (Å²) in [5, 5.41) is 9.66. The highest BCUT2D eigenvalue weighted by Crippen LogP contribution is 2.24. The van der Waals surface area contributed by atoms with Gasteiger partial charge in [0, 0.05) is 0 Å². The van der Waals surface area contributed by atoms with Crippen molar-refractivity contribution in [2.24, 2.45) is 5.73 Å². The highest BCUT2D eigenvalue weighted by atomic mass is 16.3.